The van der Waals surface area contributed by atoms with Crippen LogP contribution < -0.4 is 4.90 Å². The maximum Gasteiger partial charge on any atom is 0.233 e. The monoisotopic (exact) mass is 391 g/mol. The number of carbonyl (C=O) groups excluding carboxylic acids is 1. The molecule has 0 aliphatic heterocycles. The van der Waals surface area contributed by atoms with E-state index >= 15 is 0 Å². The molecule has 1 amide bonds. The van der Waals surface area contributed by atoms with E-state index in [2.05, 4.69) is 20.1 Å². The number of aromatic nitrogens is 4. The molecule has 0 saturated carbocycles. The Hall–Kier alpha value is -3.39. The van der Waals surface area contributed by atoms with Gasteiger partial charge in [0, 0.05) is 36.2 Å². The summed E-state index contributed by atoms with van der Waals surface area (Å²) >= 11 is 1.44. The third-order valence-corrected chi connectivity index (χ3v) is 4.95. The number of thiazole rings is 1. The van der Waals surface area contributed by atoms with Gasteiger partial charge in [0.2, 0.25) is 17.6 Å². The molecule has 0 spiro atoms. The maximum atomic E-state index is 13.0. The van der Waals surface area contributed by atoms with Gasteiger partial charge in [0.1, 0.15) is 0 Å². The van der Waals surface area contributed by atoms with E-state index < -0.39 is 0 Å². The minimum atomic E-state index is -0.0818. The molecule has 28 heavy (non-hydrogen) atoms. The zero-order valence-electron chi connectivity index (χ0n) is 15.1. The smallest absolute Gasteiger partial charge is 0.233 e. The van der Waals surface area contributed by atoms with Crippen LogP contribution in [0.25, 0.3) is 11.4 Å². The molecule has 3 aromatic heterocycles. The van der Waals surface area contributed by atoms with Gasteiger partial charge < -0.3 is 4.52 Å². The standard InChI is InChI=1S/C20H17N5O2S/c1-14-13-28-20(22-14)25(16-7-3-2-4-8-16)18(26)10-9-17-23-19(24-27-17)15-6-5-11-21-12-15/h2-8,11-13H,9-10H2,1H3. The minimum absolute atomic E-state index is 0.0818. The molecule has 1 aromatic carbocycles. The summed E-state index contributed by atoms with van der Waals surface area (Å²) in [6, 6.07) is 13.2. The molecule has 8 heteroatoms. The zero-order valence-corrected chi connectivity index (χ0v) is 16.0. The molecular weight excluding hydrogens is 374 g/mol. The van der Waals surface area contributed by atoms with Crippen molar-refractivity contribution in [1.82, 2.24) is 20.1 Å². The molecule has 4 rings (SSSR count). The van der Waals surface area contributed by atoms with Crippen LogP contribution in [0.2, 0.25) is 0 Å². The molecule has 0 N–H and O–H groups in total. The number of aryl methyl sites for hydroxylation is 2. The van der Waals surface area contributed by atoms with Crippen molar-refractivity contribution in [1.29, 1.82) is 0 Å². The van der Waals surface area contributed by atoms with Gasteiger partial charge in [-0.15, -0.1) is 11.3 Å². The van der Waals surface area contributed by atoms with Crippen molar-refractivity contribution in [3.05, 3.63) is 71.8 Å². The van der Waals surface area contributed by atoms with Crippen LogP contribution in [-0.4, -0.2) is 26.0 Å². The Kier molecular flexibility index (Phi) is 5.20. The topological polar surface area (TPSA) is 85.0 Å². The summed E-state index contributed by atoms with van der Waals surface area (Å²) in [5.41, 5.74) is 2.43. The summed E-state index contributed by atoms with van der Waals surface area (Å²) in [6.07, 6.45) is 3.92. The largest absolute Gasteiger partial charge is 0.339 e. The van der Waals surface area contributed by atoms with E-state index in [1.165, 1.54) is 11.3 Å². The Labute approximate surface area is 165 Å². The van der Waals surface area contributed by atoms with Gasteiger partial charge in [-0.05, 0) is 31.2 Å². The Morgan fingerprint density at radius 2 is 2.00 bits per heavy atom. The van der Waals surface area contributed by atoms with Gasteiger partial charge in [-0.25, -0.2) is 4.98 Å². The van der Waals surface area contributed by atoms with E-state index in [0.717, 1.165) is 16.9 Å². The van der Waals surface area contributed by atoms with Crippen molar-refractivity contribution in [3.63, 3.8) is 0 Å². The van der Waals surface area contributed by atoms with Crippen molar-refractivity contribution in [2.24, 2.45) is 0 Å². The minimum Gasteiger partial charge on any atom is -0.339 e. The summed E-state index contributed by atoms with van der Waals surface area (Å²) in [5.74, 6) is 0.795. The highest BCUT2D eigenvalue weighted by Gasteiger charge is 2.21. The first-order valence-corrected chi connectivity index (χ1v) is 9.62. The number of amides is 1. The molecule has 0 aliphatic carbocycles. The normalized spacial score (nSPS) is 10.8. The third-order valence-electron chi connectivity index (χ3n) is 4.00. The van der Waals surface area contributed by atoms with E-state index in [9.17, 15) is 4.79 Å². The fourth-order valence-electron chi connectivity index (χ4n) is 2.68. The number of hydrogen-bond donors (Lipinski definition) is 0. The van der Waals surface area contributed by atoms with Crippen LogP contribution in [-0.2, 0) is 11.2 Å². The SMILES string of the molecule is Cc1csc(N(C(=O)CCc2nc(-c3cccnc3)no2)c2ccccc2)n1. The van der Waals surface area contributed by atoms with Crippen molar-refractivity contribution in [2.45, 2.75) is 19.8 Å². The van der Waals surface area contributed by atoms with Gasteiger partial charge in [-0.1, -0.05) is 23.4 Å². The zero-order chi connectivity index (χ0) is 19.3. The number of para-hydroxylation sites is 1. The first-order chi connectivity index (χ1) is 13.7. The van der Waals surface area contributed by atoms with Crippen LogP contribution in [0.4, 0.5) is 10.8 Å². The second kappa shape index (κ2) is 8.10. The molecule has 7 nitrogen and oxygen atoms in total. The molecule has 140 valence electrons. The van der Waals surface area contributed by atoms with Crippen molar-refractivity contribution in [2.75, 3.05) is 4.90 Å². The van der Waals surface area contributed by atoms with Crippen molar-refractivity contribution in [3.8, 4) is 11.4 Å². The molecule has 0 saturated heterocycles. The molecule has 0 radical (unpaired) electrons. The average Bonchev–Trinajstić information content (AvgIpc) is 3.37. The lowest BCUT2D eigenvalue weighted by Gasteiger charge is -2.19. The fourth-order valence-corrected chi connectivity index (χ4v) is 3.51. The lowest BCUT2D eigenvalue weighted by molar-refractivity contribution is -0.117. The van der Waals surface area contributed by atoms with Crippen LogP contribution in [0, 0.1) is 6.92 Å². The molecule has 0 fully saturated rings. The van der Waals surface area contributed by atoms with Crippen LogP contribution in [0.15, 0.2) is 64.8 Å². The van der Waals surface area contributed by atoms with Gasteiger partial charge in [0.15, 0.2) is 5.13 Å². The number of pyridine rings is 1. The Balaban J connectivity index is 1.50. The maximum absolute atomic E-state index is 13.0. The number of hydrogen-bond acceptors (Lipinski definition) is 7. The van der Waals surface area contributed by atoms with Gasteiger partial charge in [-0.3, -0.25) is 14.7 Å². The van der Waals surface area contributed by atoms with Crippen LogP contribution >= 0.6 is 11.3 Å². The van der Waals surface area contributed by atoms with E-state index in [-0.39, 0.29) is 12.3 Å². The fraction of sp³-hybridized carbons (Fsp3) is 0.150. The summed E-state index contributed by atoms with van der Waals surface area (Å²) in [7, 11) is 0. The van der Waals surface area contributed by atoms with Crippen molar-refractivity contribution >= 4 is 28.1 Å². The predicted molar refractivity (Wildman–Crippen MR) is 106 cm³/mol. The van der Waals surface area contributed by atoms with E-state index in [1.54, 1.807) is 17.3 Å². The predicted octanol–water partition coefficient (Wildman–Crippen LogP) is 4.19. The van der Waals surface area contributed by atoms with Gasteiger partial charge in [-0.2, -0.15) is 4.98 Å². The quantitative estimate of drug-likeness (QED) is 0.490. The second-order valence-corrected chi connectivity index (χ2v) is 6.93. The van der Waals surface area contributed by atoms with Crippen molar-refractivity contribution < 1.29 is 9.32 Å². The highest BCUT2D eigenvalue weighted by Crippen LogP contribution is 2.29. The average molecular weight is 391 g/mol. The van der Waals surface area contributed by atoms with Gasteiger partial charge >= 0.3 is 0 Å². The third kappa shape index (κ3) is 3.96. The summed E-state index contributed by atoms with van der Waals surface area (Å²) in [5, 5.41) is 6.54. The van der Waals surface area contributed by atoms with Gasteiger partial charge in [0.25, 0.3) is 0 Å². The van der Waals surface area contributed by atoms with E-state index in [4.69, 9.17) is 4.52 Å². The first-order valence-electron chi connectivity index (χ1n) is 8.74. The molecule has 0 atom stereocenters. The molecule has 0 bridgehead atoms. The Morgan fingerprint density at radius 3 is 2.71 bits per heavy atom. The highest BCUT2D eigenvalue weighted by molar-refractivity contribution is 7.14. The van der Waals surface area contributed by atoms with Gasteiger partial charge in [0.05, 0.1) is 11.4 Å². The summed E-state index contributed by atoms with van der Waals surface area (Å²) in [6.45, 7) is 1.91. The Bertz CT molecular complexity index is 1060. The first kappa shape index (κ1) is 18.0. The molecule has 3 heterocycles. The second-order valence-electron chi connectivity index (χ2n) is 6.09. The molecule has 4 aromatic rings. The lowest BCUT2D eigenvalue weighted by Crippen LogP contribution is -2.26. The molecular formula is C20H17N5O2S. The number of rotatable bonds is 6. The lowest BCUT2D eigenvalue weighted by atomic mass is 10.2. The van der Waals surface area contributed by atoms with Crippen LogP contribution in [0.1, 0.15) is 18.0 Å². The summed E-state index contributed by atoms with van der Waals surface area (Å²) in [4.78, 5) is 27.5. The number of nitrogens with zero attached hydrogens (tertiary/aromatic N) is 5. The number of benzene rings is 1. The molecule has 0 unspecified atom stereocenters. The van der Waals surface area contributed by atoms with Crippen LogP contribution in [0.5, 0.6) is 0 Å². The number of anilines is 2. The molecule has 0 aliphatic rings. The van der Waals surface area contributed by atoms with Crippen LogP contribution in [0.3, 0.4) is 0 Å². The number of carbonyl (C=O) groups is 1. The van der Waals surface area contributed by atoms with E-state index in [1.807, 2.05) is 54.8 Å². The highest BCUT2D eigenvalue weighted by atomic mass is 32.1. The van der Waals surface area contributed by atoms with E-state index in [0.29, 0.717) is 23.3 Å². The summed E-state index contributed by atoms with van der Waals surface area (Å²) < 4.78 is 5.29. The Morgan fingerprint density at radius 1 is 1.14 bits per heavy atom.